The van der Waals surface area contributed by atoms with Gasteiger partial charge in [0.15, 0.2) is 0 Å². The molecule has 0 fully saturated rings. The Morgan fingerprint density at radius 1 is 1.29 bits per heavy atom. The average Bonchev–Trinajstić information content (AvgIpc) is 2.29. The van der Waals surface area contributed by atoms with Gasteiger partial charge in [0.2, 0.25) is 0 Å². The van der Waals surface area contributed by atoms with E-state index in [9.17, 15) is 4.79 Å². The van der Waals surface area contributed by atoms with E-state index in [2.05, 4.69) is 0 Å². The topological polar surface area (TPSA) is 61.5 Å². The minimum absolute atomic E-state index is 0.169. The number of esters is 1. The van der Waals surface area contributed by atoms with Crippen LogP contribution in [0.2, 0.25) is 0 Å². The highest BCUT2D eigenvalue weighted by atomic mass is 16.5. The summed E-state index contributed by atoms with van der Waals surface area (Å²) in [6.45, 7) is 3.55. The third-order valence-corrected chi connectivity index (χ3v) is 1.86. The van der Waals surface area contributed by atoms with E-state index in [1.54, 1.807) is 13.8 Å². The summed E-state index contributed by atoms with van der Waals surface area (Å²) < 4.78 is 10.2. The lowest BCUT2D eigenvalue weighted by atomic mass is 10.3. The quantitative estimate of drug-likeness (QED) is 0.625. The zero-order chi connectivity index (χ0) is 12.7. The SMILES string of the molecule is CC(C)OC(=O)[C@@H](N)/C=C\Oc1ccccc1. The molecule has 0 saturated heterocycles. The lowest BCUT2D eigenvalue weighted by Crippen LogP contribution is -2.32. The van der Waals surface area contributed by atoms with Gasteiger partial charge in [-0.05, 0) is 32.1 Å². The van der Waals surface area contributed by atoms with Crippen molar-refractivity contribution in [2.24, 2.45) is 5.73 Å². The van der Waals surface area contributed by atoms with Gasteiger partial charge < -0.3 is 15.2 Å². The fraction of sp³-hybridized carbons (Fsp3) is 0.308. The molecule has 2 N–H and O–H groups in total. The highest BCUT2D eigenvalue weighted by Crippen LogP contribution is 2.08. The van der Waals surface area contributed by atoms with Crippen LogP contribution < -0.4 is 10.5 Å². The van der Waals surface area contributed by atoms with Crippen molar-refractivity contribution < 1.29 is 14.3 Å². The van der Waals surface area contributed by atoms with E-state index in [1.807, 2.05) is 30.3 Å². The summed E-state index contributed by atoms with van der Waals surface area (Å²) in [7, 11) is 0. The van der Waals surface area contributed by atoms with Crippen molar-refractivity contribution in [2.45, 2.75) is 26.0 Å². The Kier molecular flexibility index (Phi) is 5.23. The maximum absolute atomic E-state index is 11.3. The molecule has 0 saturated carbocycles. The molecule has 0 aliphatic carbocycles. The van der Waals surface area contributed by atoms with Crippen LogP contribution in [0.25, 0.3) is 0 Å². The third kappa shape index (κ3) is 5.17. The van der Waals surface area contributed by atoms with E-state index >= 15 is 0 Å². The maximum atomic E-state index is 11.3. The van der Waals surface area contributed by atoms with Gasteiger partial charge in [0.1, 0.15) is 11.8 Å². The maximum Gasteiger partial charge on any atom is 0.327 e. The molecule has 0 heterocycles. The van der Waals surface area contributed by atoms with Crippen LogP contribution in [-0.4, -0.2) is 18.1 Å². The summed E-state index contributed by atoms with van der Waals surface area (Å²) in [5.41, 5.74) is 5.59. The van der Waals surface area contributed by atoms with Gasteiger partial charge in [-0.25, -0.2) is 0 Å². The molecule has 1 rings (SSSR count). The molecule has 0 amide bonds. The summed E-state index contributed by atoms with van der Waals surface area (Å²) in [4.78, 5) is 11.3. The Morgan fingerprint density at radius 3 is 2.53 bits per heavy atom. The van der Waals surface area contributed by atoms with Gasteiger partial charge in [0.05, 0.1) is 12.4 Å². The molecule has 1 atom stereocenters. The fourth-order valence-electron chi connectivity index (χ4n) is 1.09. The lowest BCUT2D eigenvalue weighted by Gasteiger charge is -2.10. The number of carbonyl (C=O) groups is 1. The standard InChI is InChI=1S/C13H17NO3/c1-10(2)17-13(15)12(14)8-9-16-11-6-4-3-5-7-11/h3-10,12H,14H2,1-2H3/b9-8-/t12-/m0/s1. The number of para-hydroxylation sites is 1. The largest absolute Gasteiger partial charge is 0.465 e. The lowest BCUT2D eigenvalue weighted by molar-refractivity contribution is -0.147. The van der Waals surface area contributed by atoms with Gasteiger partial charge in [-0.2, -0.15) is 0 Å². The molecule has 0 aliphatic heterocycles. The molecule has 4 heteroatoms. The number of hydrogen-bond donors (Lipinski definition) is 1. The summed E-state index contributed by atoms with van der Waals surface area (Å²) in [6, 6.07) is 8.42. The van der Waals surface area contributed by atoms with Crippen molar-refractivity contribution in [2.75, 3.05) is 0 Å². The predicted octanol–water partition coefficient (Wildman–Crippen LogP) is 1.86. The molecule has 0 bridgehead atoms. The van der Waals surface area contributed by atoms with Gasteiger partial charge in [-0.3, -0.25) is 4.79 Å². The summed E-state index contributed by atoms with van der Waals surface area (Å²) in [5.74, 6) is 0.223. The van der Waals surface area contributed by atoms with E-state index in [4.69, 9.17) is 15.2 Å². The third-order valence-electron chi connectivity index (χ3n) is 1.86. The highest BCUT2D eigenvalue weighted by Gasteiger charge is 2.12. The zero-order valence-corrected chi connectivity index (χ0v) is 10.00. The highest BCUT2D eigenvalue weighted by molar-refractivity contribution is 5.77. The molecule has 0 spiro atoms. The summed E-state index contributed by atoms with van der Waals surface area (Å²) in [6.07, 6.45) is 2.68. The van der Waals surface area contributed by atoms with Crippen LogP contribution in [0, 0.1) is 0 Å². The monoisotopic (exact) mass is 235 g/mol. The molecule has 0 unspecified atom stereocenters. The Morgan fingerprint density at radius 2 is 1.94 bits per heavy atom. The van der Waals surface area contributed by atoms with Crippen molar-refractivity contribution in [3.05, 3.63) is 42.7 Å². The molecule has 0 radical (unpaired) electrons. The van der Waals surface area contributed by atoms with Crippen molar-refractivity contribution >= 4 is 5.97 Å². The van der Waals surface area contributed by atoms with Crippen molar-refractivity contribution in [3.8, 4) is 5.75 Å². The van der Waals surface area contributed by atoms with Gasteiger partial charge in [0.25, 0.3) is 0 Å². The number of carbonyl (C=O) groups excluding carboxylic acids is 1. The van der Waals surface area contributed by atoms with Crippen molar-refractivity contribution in [1.29, 1.82) is 0 Å². The van der Waals surface area contributed by atoms with Crippen LogP contribution in [0.3, 0.4) is 0 Å². The smallest absolute Gasteiger partial charge is 0.327 e. The first kappa shape index (κ1) is 13.3. The van der Waals surface area contributed by atoms with Crippen molar-refractivity contribution in [3.63, 3.8) is 0 Å². The van der Waals surface area contributed by atoms with E-state index in [-0.39, 0.29) is 6.10 Å². The molecule has 0 aromatic heterocycles. The number of ether oxygens (including phenoxy) is 2. The number of benzene rings is 1. The van der Waals surface area contributed by atoms with Gasteiger partial charge in [-0.15, -0.1) is 0 Å². The summed E-state index contributed by atoms with van der Waals surface area (Å²) >= 11 is 0. The molecular weight excluding hydrogens is 218 g/mol. The Hall–Kier alpha value is -1.81. The minimum Gasteiger partial charge on any atom is -0.465 e. The Balaban J connectivity index is 2.41. The van der Waals surface area contributed by atoms with Crippen molar-refractivity contribution in [1.82, 2.24) is 0 Å². The number of hydrogen-bond acceptors (Lipinski definition) is 4. The van der Waals surface area contributed by atoms with E-state index in [0.717, 1.165) is 0 Å². The normalized spacial score (nSPS) is 12.7. The van der Waals surface area contributed by atoms with Crippen LogP contribution in [0.1, 0.15) is 13.8 Å². The van der Waals surface area contributed by atoms with Gasteiger partial charge in [0, 0.05) is 0 Å². The molecule has 1 aromatic carbocycles. The van der Waals surface area contributed by atoms with Crippen LogP contribution in [0.5, 0.6) is 5.75 Å². The second-order valence-corrected chi connectivity index (χ2v) is 3.77. The van der Waals surface area contributed by atoms with Crippen LogP contribution in [0.15, 0.2) is 42.7 Å². The first-order chi connectivity index (χ1) is 8.09. The molecule has 4 nitrogen and oxygen atoms in total. The predicted molar refractivity (Wildman–Crippen MR) is 65.4 cm³/mol. The number of rotatable bonds is 5. The van der Waals surface area contributed by atoms with E-state index in [1.165, 1.54) is 12.3 Å². The number of nitrogens with two attached hydrogens (primary N) is 1. The van der Waals surface area contributed by atoms with Crippen LogP contribution >= 0.6 is 0 Å². The van der Waals surface area contributed by atoms with Gasteiger partial charge >= 0.3 is 5.97 Å². The first-order valence-electron chi connectivity index (χ1n) is 5.44. The second kappa shape index (κ2) is 6.70. The molecule has 1 aromatic rings. The average molecular weight is 235 g/mol. The zero-order valence-electron chi connectivity index (χ0n) is 10.00. The molecule has 92 valence electrons. The van der Waals surface area contributed by atoms with E-state index < -0.39 is 12.0 Å². The van der Waals surface area contributed by atoms with Gasteiger partial charge in [-0.1, -0.05) is 18.2 Å². The van der Waals surface area contributed by atoms with Crippen LogP contribution in [-0.2, 0) is 9.53 Å². The molecule has 0 aliphatic rings. The molecular formula is C13H17NO3. The second-order valence-electron chi connectivity index (χ2n) is 3.77. The van der Waals surface area contributed by atoms with Crippen LogP contribution in [0.4, 0.5) is 0 Å². The Bertz CT molecular complexity index is 374. The first-order valence-corrected chi connectivity index (χ1v) is 5.44. The molecule has 17 heavy (non-hydrogen) atoms. The minimum atomic E-state index is -0.805. The summed E-state index contributed by atoms with van der Waals surface area (Å²) in [5, 5.41) is 0. The van der Waals surface area contributed by atoms with E-state index in [0.29, 0.717) is 5.75 Å². The fourth-order valence-corrected chi connectivity index (χ4v) is 1.09. The Labute approximate surface area is 101 Å².